The zero-order valence-corrected chi connectivity index (χ0v) is 8.97. The molecular formula is C11H15N3O. The quantitative estimate of drug-likeness (QED) is 0.827. The second-order valence-corrected chi connectivity index (χ2v) is 3.75. The zero-order chi connectivity index (χ0) is 10.8. The lowest BCUT2D eigenvalue weighted by Crippen LogP contribution is -2.13. The maximum Gasteiger partial charge on any atom is 0.0935 e. The molecule has 80 valence electrons. The molecule has 0 amide bonds. The molecular weight excluding hydrogens is 190 g/mol. The second kappa shape index (κ2) is 3.90. The predicted octanol–water partition coefficient (Wildman–Crippen LogP) is 1.56. The van der Waals surface area contributed by atoms with Gasteiger partial charge in [-0.1, -0.05) is 0 Å². The van der Waals surface area contributed by atoms with Crippen LogP contribution in [-0.2, 0) is 13.5 Å². The van der Waals surface area contributed by atoms with Gasteiger partial charge in [0.05, 0.1) is 18.7 Å². The van der Waals surface area contributed by atoms with Crippen LogP contribution in [0, 0.1) is 6.92 Å². The lowest BCUT2D eigenvalue weighted by molar-refractivity contribution is 0.561. The Labute approximate surface area is 88.7 Å². The fourth-order valence-corrected chi connectivity index (χ4v) is 1.65. The minimum Gasteiger partial charge on any atom is -0.472 e. The molecule has 1 atom stereocenters. The van der Waals surface area contributed by atoms with Crippen molar-refractivity contribution in [2.45, 2.75) is 19.4 Å². The van der Waals surface area contributed by atoms with Crippen LogP contribution in [0.2, 0.25) is 0 Å². The summed E-state index contributed by atoms with van der Waals surface area (Å²) in [6, 6.07) is 1.92. The molecule has 4 nitrogen and oxygen atoms in total. The highest BCUT2D eigenvalue weighted by atomic mass is 16.3. The van der Waals surface area contributed by atoms with Crippen molar-refractivity contribution in [1.29, 1.82) is 0 Å². The molecule has 2 aromatic heterocycles. The topological polar surface area (TPSA) is 57.0 Å². The van der Waals surface area contributed by atoms with Crippen LogP contribution in [0.1, 0.15) is 22.9 Å². The fourth-order valence-electron chi connectivity index (χ4n) is 1.65. The molecule has 0 fully saturated rings. The average Bonchev–Trinajstić information content (AvgIpc) is 2.79. The van der Waals surface area contributed by atoms with Gasteiger partial charge in [0.15, 0.2) is 0 Å². The molecule has 0 spiro atoms. The monoisotopic (exact) mass is 205 g/mol. The Bertz CT molecular complexity index is 431. The van der Waals surface area contributed by atoms with E-state index in [1.807, 2.05) is 30.9 Å². The van der Waals surface area contributed by atoms with E-state index in [9.17, 15) is 0 Å². The molecule has 0 aliphatic rings. The molecule has 0 saturated carbocycles. The Kier molecular flexibility index (Phi) is 2.60. The largest absolute Gasteiger partial charge is 0.472 e. The molecule has 2 rings (SSSR count). The van der Waals surface area contributed by atoms with Crippen LogP contribution >= 0.6 is 0 Å². The SMILES string of the molecule is Cc1c(C(N)Cc2ccoc2)cnn1C. The Hall–Kier alpha value is -1.55. The van der Waals surface area contributed by atoms with Crippen molar-refractivity contribution in [1.82, 2.24) is 9.78 Å². The van der Waals surface area contributed by atoms with E-state index in [0.29, 0.717) is 0 Å². The van der Waals surface area contributed by atoms with Gasteiger partial charge in [0.1, 0.15) is 0 Å². The van der Waals surface area contributed by atoms with E-state index < -0.39 is 0 Å². The fraction of sp³-hybridized carbons (Fsp3) is 0.364. The van der Waals surface area contributed by atoms with E-state index in [-0.39, 0.29) is 6.04 Å². The number of nitrogens with zero attached hydrogens (tertiary/aromatic N) is 2. The number of nitrogens with two attached hydrogens (primary N) is 1. The van der Waals surface area contributed by atoms with Gasteiger partial charge in [-0.15, -0.1) is 0 Å². The first-order valence-corrected chi connectivity index (χ1v) is 4.93. The molecule has 0 aliphatic heterocycles. The van der Waals surface area contributed by atoms with Gasteiger partial charge in [0.2, 0.25) is 0 Å². The molecule has 2 aromatic rings. The van der Waals surface area contributed by atoms with E-state index in [1.165, 1.54) is 0 Å². The molecule has 1 unspecified atom stereocenters. The summed E-state index contributed by atoms with van der Waals surface area (Å²) in [5, 5.41) is 4.18. The molecule has 0 saturated heterocycles. The van der Waals surface area contributed by atoms with Gasteiger partial charge in [-0.2, -0.15) is 5.10 Å². The maximum atomic E-state index is 6.11. The third-order valence-corrected chi connectivity index (χ3v) is 2.71. The molecule has 2 N–H and O–H groups in total. The van der Waals surface area contributed by atoms with Crippen LogP contribution in [0.25, 0.3) is 0 Å². The van der Waals surface area contributed by atoms with Gasteiger partial charge in [0, 0.05) is 24.3 Å². The number of aromatic nitrogens is 2. The molecule has 4 heteroatoms. The van der Waals surface area contributed by atoms with Crippen molar-refractivity contribution >= 4 is 0 Å². The zero-order valence-electron chi connectivity index (χ0n) is 8.97. The minimum absolute atomic E-state index is 0.0173. The Morgan fingerprint density at radius 2 is 2.40 bits per heavy atom. The van der Waals surface area contributed by atoms with Crippen LogP contribution in [-0.4, -0.2) is 9.78 Å². The second-order valence-electron chi connectivity index (χ2n) is 3.75. The predicted molar refractivity (Wildman–Crippen MR) is 57.3 cm³/mol. The number of hydrogen-bond acceptors (Lipinski definition) is 3. The standard InChI is InChI=1S/C11H15N3O/c1-8-10(6-13-14(8)2)11(12)5-9-3-4-15-7-9/h3-4,6-7,11H,5,12H2,1-2H3. The number of hydrogen-bond donors (Lipinski definition) is 1. The molecule has 0 radical (unpaired) electrons. The molecule has 2 heterocycles. The van der Waals surface area contributed by atoms with Crippen LogP contribution in [0.3, 0.4) is 0 Å². The van der Waals surface area contributed by atoms with Crippen molar-refractivity contribution in [3.8, 4) is 0 Å². The Balaban J connectivity index is 2.14. The van der Waals surface area contributed by atoms with Gasteiger partial charge in [-0.25, -0.2) is 0 Å². The summed E-state index contributed by atoms with van der Waals surface area (Å²) in [4.78, 5) is 0. The van der Waals surface area contributed by atoms with E-state index in [4.69, 9.17) is 10.2 Å². The van der Waals surface area contributed by atoms with Crippen molar-refractivity contribution in [2.24, 2.45) is 12.8 Å². The number of aryl methyl sites for hydroxylation is 1. The van der Waals surface area contributed by atoms with Gasteiger partial charge in [-0.3, -0.25) is 4.68 Å². The molecule has 15 heavy (non-hydrogen) atoms. The van der Waals surface area contributed by atoms with Crippen LogP contribution in [0.5, 0.6) is 0 Å². The van der Waals surface area contributed by atoms with E-state index >= 15 is 0 Å². The summed E-state index contributed by atoms with van der Waals surface area (Å²) in [6.07, 6.45) is 6.01. The van der Waals surface area contributed by atoms with Crippen LogP contribution in [0.4, 0.5) is 0 Å². The van der Waals surface area contributed by atoms with Gasteiger partial charge >= 0.3 is 0 Å². The smallest absolute Gasteiger partial charge is 0.0935 e. The van der Waals surface area contributed by atoms with E-state index in [0.717, 1.165) is 23.2 Å². The summed E-state index contributed by atoms with van der Waals surface area (Å²) in [7, 11) is 1.92. The highest BCUT2D eigenvalue weighted by Gasteiger charge is 2.13. The van der Waals surface area contributed by atoms with E-state index in [1.54, 1.807) is 12.5 Å². The third kappa shape index (κ3) is 1.94. The van der Waals surface area contributed by atoms with Crippen molar-refractivity contribution in [3.63, 3.8) is 0 Å². The van der Waals surface area contributed by atoms with Crippen molar-refractivity contribution in [2.75, 3.05) is 0 Å². The molecule has 0 aromatic carbocycles. The van der Waals surface area contributed by atoms with Crippen LogP contribution in [0.15, 0.2) is 29.2 Å². The summed E-state index contributed by atoms with van der Waals surface area (Å²) in [5.41, 5.74) is 9.43. The highest BCUT2D eigenvalue weighted by molar-refractivity contribution is 5.22. The van der Waals surface area contributed by atoms with Crippen molar-refractivity contribution in [3.05, 3.63) is 41.6 Å². The number of rotatable bonds is 3. The average molecular weight is 205 g/mol. The first-order valence-electron chi connectivity index (χ1n) is 4.93. The normalized spacial score (nSPS) is 13.0. The van der Waals surface area contributed by atoms with E-state index in [2.05, 4.69) is 5.10 Å². The Morgan fingerprint density at radius 3 is 2.93 bits per heavy atom. The lowest BCUT2D eigenvalue weighted by Gasteiger charge is -2.09. The Morgan fingerprint density at radius 1 is 1.60 bits per heavy atom. The highest BCUT2D eigenvalue weighted by Crippen LogP contribution is 2.18. The van der Waals surface area contributed by atoms with Crippen molar-refractivity contribution < 1.29 is 4.42 Å². The van der Waals surface area contributed by atoms with Gasteiger partial charge < -0.3 is 10.2 Å². The first kappa shape index (κ1) is 9.98. The summed E-state index contributed by atoms with van der Waals surface area (Å²) in [6.45, 7) is 2.03. The maximum absolute atomic E-state index is 6.11. The summed E-state index contributed by atoms with van der Waals surface area (Å²) < 4.78 is 6.85. The van der Waals surface area contributed by atoms with Crippen LogP contribution < -0.4 is 5.73 Å². The molecule has 0 bridgehead atoms. The summed E-state index contributed by atoms with van der Waals surface area (Å²) >= 11 is 0. The lowest BCUT2D eigenvalue weighted by atomic mass is 10.0. The number of furan rings is 1. The summed E-state index contributed by atoms with van der Waals surface area (Å²) in [5.74, 6) is 0. The van der Waals surface area contributed by atoms with Gasteiger partial charge in [-0.05, 0) is 25.0 Å². The minimum atomic E-state index is -0.0173. The first-order chi connectivity index (χ1) is 7.18. The van der Waals surface area contributed by atoms with Gasteiger partial charge in [0.25, 0.3) is 0 Å². The molecule has 0 aliphatic carbocycles. The third-order valence-electron chi connectivity index (χ3n) is 2.71.